The zero-order chi connectivity index (χ0) is 13.0. The molecule has 1 atom stereocenters. The Labute approximate surface area is 116 Å². The van der Waals surface area contributed by atoms with Crippen LogP contribution in [-0.2, 0) is 4.79 Å². The van der Waals surface area contributed by atoms with E-state index < -0.39 is 15.2 Å². The first kappa shape index (κ1) is 16.6. The van der Waals surface area contributed by atoms with Crippen LogP contribution in [0.1, 0.15) is 39.5 Å². The molecule has 16 heavy (non-hydrogen) atoms. The molecule has 2 nitrogen and oxygen atoms in total. The zero-order valence-electron chi connectivity index (χ0n) is 9.27. The minimum atomic E-state index is -1.34. The summed E-state index contributed by atoms with van der Waals surface area (Å²) in [4.78, 5) is 10.8. The maximum atomic E-state index is 10.8. The smallest absolute Gasteiger partial charge is 0.309 e. The van der Waals surface area contributed by atoms with E-state index in [0.29, 0.717) is 19.3 Å². The maximum absolute atomic E-state index is 10.8. The number of rotatable bonds is 6. The topological polar surface area (TPSA) is 37.3 Å². The van der Waals surface area contributed by atoms with Crippen LogP contribution in [-0.4, -0.2) is 20.2 Å². The standard InChI is InChI=1S/C10H16Cl4O2/c1-9(2,8(15)16)5-3-4-7(11)6-10(12,13)14/h7H,3-6H2,1-2H3,(H,15,16). The quantitative estimate of drug-likeness (QED) is 0.726. The Morgan fingerprint density at radius 3 is 2.19 bits per heavy atom. The van der Waals surface area contributed by atoms with Crippen molar-refractivity contribution in [1.82, 2.24) is 0 Å². The van der Waals surface area contributed by atoms with Crippen LogP contribution in [0.2, 0.25) is 0 Å². The van der Waals surface area contributed by atoms with E-state index >= 15 is 0 Å². The van der Waals surface area contributed by atoms with Crippen LogP contribution < -0.4 is 0 Å². The Morgan fingerprint density at radius 1 is 1.31 bits per heavy atom. The van der Waals surface area contributed by atoms with Crippen LogP contribution in [0.25, 0.3) is 0 Å². The first-order chi connectivity index (χ1) is 7.04. The molecule has 0 fully saturated rings. The van der Waals surface area contributed by atoms with E-state index in [1.165, 1.54) is 0 Å². The SMILES string of the molecule is CC(C)(CCCC(Cl)CC(Cl)(Cl)Cl)C(=O)O. The predicted octanol–water partition coefficient (Wildman–Crippen LogP) is 4.64. The van der Waals surface area contributed by atoms with E-state index in [2.05, 4.69) is 0 Å². The third-order valence-electron chi connectivity index (χ3n) is 2.35. The van der Waals surface area contributed by atoms with Gasteiger partial charge in [-0.15, -0.1) is 11.6 Å². The van der Waals surface area contributed by atoms with Crippen LogP contribution in [0.3, 0.4) is 0 Å². The monoisotopic (exact) mass is 308 g/mol. The number of alkyl halides is 4. The van der Waals surface area contributed by atoms with E-state index in [4.69, 9.17) is 51.5 Å². The third-order valence-corrected chi connectivity index (χ3v) is 3.19. The molecule has 0 aliphatic carbocycles. The molecule has 0 aromatic heterocycles. The fraction of sp³-hybridized carbons (Fsp3) is 0.900. The van der Waals surface area contributed by atoms with Crippen molar-refractivity contribution in [3.05, 3.63) is 0 Å². The highest BCUT2D eigenvalue weighted by Crippen LogP contribution is 2.35. The molecule has 6 heteroatoms. The Kier molecular flexibility index (Phi) is 6.79. The maximum Gasteiger partial charge on any atom is 0.309 e. The van der Waals surface area contributed by atoms with Crippen molar-refractivity contribution < 1.29 is 9.90 Å². The summed E-state index contributed by atoms with van der Waals surface area (Å²) in [5, 5.41) is 8.66. The summed E-state index contributed by atoms with van der Waals surface area (Å²) in [5.41, 5.74) is -0.726. The molecule has 0 aliphatic heterocycles. The van der Waals surface area contributed by atoms with E-state index in [1.807, 2.05) is 0 Å². The molecule has 0 rings (SSSR count). The number of hydrogen-bond acceptors (Lipinski definition) is 1. The van der Waals surface area contributed by atoms with Gasteiger partial charge in [-0.3, -0.25) is 4.79 Å². The highest BCUT2D eigenvalue weighted by molar-refractivity contribution is 6.67. The Hall–Kier alpha value is 0.630. The fourth-order valence-corrected chi connectivity index (χ4v) is 2.41. The second-order valence-corrected chi connectivity index (χ2v) is 7.63. The van der Waals surface area contributed by atoms with Crippen LogP contribution in [0.5, 0.6) is 0 Å². The summed E-state index contributed by atoms with van der Waals surface area (Å²) >= 11 is 22.8. The molecular formula is C10H16Cl4O2. The van der Waals surface area contributed by atoms with Crippen molar-refractivity contribution >= 4 is 52.4 Å². The third kappa shape index (κ3) is 7.83. The molecule has 0 aromatic carbocycles. The van der Waals surface area contributed by atoms with E-state index in [9.17, 15) is 4.79 Å². The van der Waals surface area contributed by atoms with Crippen molar-refractivity contribution in [2.45, 2.75) is 48.7 Å². The molecule has 0 aromatic rings. The molecular weight excluding hydrogens is 294 g/mol. The van der Waals surface area contributed by atoms with Gasteiger partial charge in [-0.05, 0) is 26.7 Å². The largest absolute Gasteiger partial charge is 0.481 e. The Morgan fingerprint density at radius 2 is 1.81 bits per heavy atom. The van der Waals surface area contributed by atoms with Gasteiger partial charge in [0.15, 0.2) is 3.79 Å². The molecule has 0 bridgehead atoms. The van der Waals surface area contributed by atoms with Crippen molar-refractivity contribution in [2.24, 2.45) is 5.41 Å². The van der Waals surface area contributed by atoms with Crippen molar-refractivity contribution in [1.29, 1.82) is 0 Å². The van der Waals surface area contributed by atoms with Gasteiger partial charge in [0.2, 0.25) is 0 Å². The lowest BCUT2D eigenvalue weighted by Crippen LogP contribution is -2.23. The summed E-state index contributed by atoms with van der Waals surface area (Å²) < 4.78 is -1.34. The van der Waals surface area contributed by atoms with Gasteiger partial charge in [-0.1, -0.05) is 41.2 Å². The zero-order valence-corrected chi connectivity index (χ0v) is 12.3. The molecule has 1 unspecified atom stereocenters. The lowest BCUT2D eigenvalue weighted by molar-refractivity contribution is -0.147. The molecule has 96 valence electrons. The molecule has 0 saturated heterocycles. The van der Waals surface area contributed by atoms with Crippen molar-refractivity contribution in [3.63, 3.8) is 0 Å². The molecule has 0 spiro atoms. The van der Waals surface area contributed by atoms with Gasteiger partial charge >= 0.3 is 5.97 Å². The summed E-state index contributed by atoms with van der Waals surface area (Å²) in [6, 6.07) is 0. The molecule has 0 aliphatic rings. The summed E-state index contributed by atoms with van der Waals surface area (Å²) in [6.45, 7) is 3.38. The average Bonchev–Trinajstić information content (AvgIpc) is 1.99. The number of aliphatic carboxylic acids is 1. The van der Waals surface area contributed by atoms with Crippen LogP contribution in [0.15, 0.2) is 0 Å². The number of carboxylic acids is 1. The minimum Gasteiger partial charge on any atom is -0.481 e. The predicted molar refractivity (Wildman–Crippen MR) is 69.8 cm³/mol. The number of carboxylic acid groups (broad SMARTS) is 1. The van der Waals surface area contributed by atoms with Crippen LogP contribution in [0, 0.1) is 5.41 Å². The lowest BCUT2D eigenvalue weighted by Gasteiger charge is -2.20. The minimum absolute atomic E-state index is 0.239. The van der Waals surface area contributed by atoms with Gasteiger partial charge < -0.3 is 5.11 Å². The first-order valence-electron chi connectivity index (χ1n) is 4.99. The molecule has 0 amide bonds. The van der Waals surface area contributed by atoms with Crippen LogP contribution in [0.4, 0.5) is 0 Å². The summed E-state index contributed by atoms with van der Waals surface area (Å²) in [6.07, 6.45) is 2.18. The van der Waals surface area contributed by atoms with E-state index in [1.54, 1.807) is 13.8 Å². The molecule has 0 heterocycles. The molecule has 0 radical (unpaired) electrons. The van der Waals surface area contributed by atoms with Gasteiger partial charge in [0.1, 0.15) is 0 Å². The highest BCUT2D eigenvalue weighted by Gasteiger charge is 2.28. The normalized spacial score (nSPS) is 14.9. The Bertz CT molecular complexity index is 235. The summed E-state index contributed by atoms with van der Waals surface area (Å²) in [7, 11) is 0. The number of carbonyl (C=O) groups is 1. The van der Waals surface area contributed by atoms with Gasteiger partial charge in [-0.25, -0.2) is 0 Å². The first-order valence-corrected chi connectivity index (χ1v) is 6.56. The average molecular weight is 310 g/mol. The van der Waals surface area contributed by atoms with E-state index in [-0.39, 0.29) is 11.8 Å². The van der Waals surface area contributed by atoms with Gasteiger partial charge in [0.25, 0.3) is 0 Å². The van der Waals surface area contributed by atoms with Crippen LogP contribution >= 0.6 is 46.4 Å². The second kappa shape index (κ2) is 6.53. The van der Waals surface area contributed by atoms with E-state index in [0.717, 1.165) is 0 Å². The lowest BCUT2D eigenvalue weighted by atomic mass is 9.87. The van der Waals surface area contributed by atoms with Gasteiger partial charge in [-0.2, -0.15) is 0 Å². The number of halogens is 4. The van der Waals surface area contributed by atoms with Crippen molar-refractivity contribution in [2.75, 3.05) is 0 Å². The van der Waals surface area contributed by atoms with Crippen molar-refractivity contribution in [3.8, 4) is 0 Å². The van der Waals surface area contributed by atoms with Gasteiger partial charge in [0.05, 0.1) is 5.41 Å². The fourth-order valence-electron chi connectivity index (χ4n) is 1.23. The van der Waals surface area contributed by atoms with Gasteiger partial charge in [0, 0.05) is 11.8 Å². The summed E-state index contributed by atoms with van der Waals surface area (Å²) in [5.74, 6) is -0.806. The molecule has 1 N–H and O–H groups in total. The Balaban J connectivity index is 3.87. The highest BCUT2D eigenvalue weighted by atomic mass is 35.6. The molecule has 0 saturated carbocycles. The second-order valence-electron chi connectivity index (χ2n) is 4.50. The number of hydrogen-bond donors (Lipinski definition) is 1.